The van der Waals surface area contributed by atoms with Crippen molar-refractivity contribution in [1.82, 2.24) is 4.31 Å². The highest BCUT2D eigenvalue weighted by Crippen LogP contribution is 2.36. The Kier molecular flexibility index (Phi) is 6.81. The molecule has 1 fully saturated rings. The third-order valence-electron chi connectivity index (χ3n) is 4.56. The molecule has 2 aromatic rings. The van der Waals surface area contributed by atoms with Gasteiger partial charge in [-0.25, -0.2) is 13.2 Å². The minimum Gasteiger partial charge on any atom is -0.465 e. The molecule has 1 aromatic carbocycles. The van der Waals surface area contributed by atoms with Crippen molar-refractivity contribution in [3.8, 4) is 0 Å². The average Bonchev–Trinajstić information content (AvgIpc) is 3.29. The molecule has 3 rings (SSSR count). The molecular formula is C17H21ClN2O4S2. The molecule has 2 heterocycles. The first-order valence-electron chi connectivity index (χ1n) is 7.90. The van der Waals surface area contributed by atoms with Crippen molar-refractivity contribution < 1.29 is 17.9 Å². The minimum atomic E-state index is -3.78. The Balaban J connectivity index is 0.00000243. The molecule has 0 unspecified atom stereocenters. The number of sulfonamides is 1. The first-order valence-corrected chi connectivity index (χ1v) is 10.2. The van der Waals surface area contributed by atoms with Gasteiger partial charge in [0.15, 0.2) is 0 Å². The molecule has 0 radical (unpaired) electrons. The number of ether oxygens (including phenoxy) is 1. The van der Waals surface area contributed by atoms with Crippen LogP contribution in [0, 0.1) is 5.92 Å². The van der Waals surface area contributed by atoms with Gasteiger partial charge in [0.2, 0.25) is 10.0 Å². The lowest BCUT2D eigenvalue weighted by Gasteiger charge is -2.17. The molecule has 0 saturated carbocycles. The van der Waals surface area contributed by atoms with Crippen LogP contribution in [0.3, 0.4) is 0 Å². The molecule has 0 spiro atoms. The molecule has 1 aliphatic heterocycles. The molecule has 6 nitrogen and oxygen atoms in total. The Hall–Kier alpha value is -1.45. The van der Waals surface area contributed by atoms with E-state index in [4.69, 9.17) is 10.5 Å². The number of methoxy groups -OCH3 is 1. The molecule has 2 N–H and O–H groups in total. The predicted octanol–water partition coefficient (Wildman–Crippen LogP) is 2.32. The van der Waals surface area contributed by atoms with E-state index in [1.165, 1.54) is 17.5 Å². The molecular weight excluding hydrogens is 396 g/mol. The van der Waals surface area contributed by atoms with E-state index in [0.717, 1.165) is 16.9 Å². The van der Waals surface area contributed by atoms with Crippen LogP contribution >= 0.6 is 23.7 Å². The summed E-state index contributed by atoms with van der Waals surface area (Å²) in [5.41, 5.74) is 6.97. The second kappa shape index (κ2) is 8.49. The van der Waals surface area contributed by atoms with Crippen LogP contribution in [0.25, 0.3) is 0 Å². The van der Waals surface area contributed by atoms with E-state index in [-0.39, 0.29) is 34.0 Å². The smallest absolute Gasteiger partial charge is 0.349 e. The number of hydrogen-bond donors (Lipinski definition) is 1. The van der Waals surface area contributed by atoms with Gasteiger partial charge >= 0.3 is 5.97 Å². The maximum atomic E-state index is 13.1. The van der Waals surface area contributed by atoms with Crippen LogP contribution in [0.1, 0.15) is 21.2 Å². The van der Waals surface area contributed by atoms with Gasteiger partial charge in [-0.2, -0.15) is 4.31 Å². The van der Waals surface area contributed by atoms with Crippen LogP contribution in [0.5, 0.6) is 0 Å². The van der Waals surface area contributed by atoms with Crippen molar-refractivity contribution >= 4 is 39.7 Å². The van der Waals surface area contributed by atoms with Gasteiger partial charge in [0.1, 0.15) is 9.77 Å². The van der Waals surface area contributed by atoms with Gasteiger partial charge in [0.05, 0.1) is 7.11 Å². The lowest BCUT2D eigenvalue weighted by Crippen LogP contribution is -2.30. The molecule has 0 amide bonds. The highest BCUT2D eigenvalue weighted by Gasteiger charge is 2.41. The van der Waals surface area contributed by atoms with Crippen LogP contribution in [0.2, 0.25) is 0 Å². The molecule has 1 aromatic heterocycles. The van der Waals surface area contributed by atoms with Crippen LogP contribution in [-0.2, 0) is 14.8 Å². The van der Waals surface area contributed by atoms with E-state index in [9.17, 15) is 13.2 Å². The first-order chi connectivity index (χ1) is 12.0. The van der Waals surface area contributed by atoms with Crippen LogP contribution in [0.4, 0.5) is 0 Å². The normalized spacial score (nSPS) is 20.5. The van der Waals surface area contributed by atoms with Crippen molar-refractivity contribution in [3.63, 3.8) is 0 Å². The zero-order valence-corrected chi connectivity index (χ0v) is 16.6. The van der Waals surface area contributed by atoms with E-state index in [0.29, 0.717) is 19.6 Å². The van der Waals surface area contributed by atoms with Gasteiger partial charge in [-0.3, -0.25) is 0 Å². The average molecular weight is 417 g/mol. The molecule has 9 heteroatoms. The SMILES string of the molecule is COC(=O)c1sccc1S(=O)(=O)N1C[C@@H](CN)[C@H](c2ccccc2)C1.Cl. The summed E-state index contributed by atoms with van der Waals surface area (Å²) in [6.07, 6.45) is 0. The summed E-state index contributed by atoms with van der Waals surface area (Å²) in [5, 5.41) is 1.59. The molecule has 0 bridgehead atoms. The highest BCUT2D eigenvalue weighted by atomic mass is 35.5. The second-order valence-electron chi connectivity index (χ2n) is 5.94. The number of esters is 1. The zero-order chi connectivity index (χ0) is 18.0. The standard InChI is InChI=1S/C17H20N2O4S2.ClH/c1-23-17(20)16-15(7-8-24-16)25(21,22)19-10-13(9-18)14(11-19)12-5-3-2-4-6-12;/h2-8,13-14H,9-11,18H2,1H3;1H/t13-,14+;/m1./s1. The Labute approximate surface area is 163 Å². The Morgan fingerprint density at radius 1 is 1.27 bits per heavy atom. The maximum Gasteiger partial charge on any atom is 0.349 e. The molecule has 26 heavy (non-hydrogen) atoms. The van der Waals surface area contributed by atoms with E-state index in [1.807, 2.05) is 30.3 Å². The summed E-state index contributed by atoms with van der Waals surface area (Å²) < 4.78 is 32.2. The number of benzene rings is 1. The molecule has 0 aliphatic carbocycles. The Morgan fingerprint density at radius 3 is 2.58 bits per heavy atom. The number of halogens is 1. The fourth-order valence-corrected chi connectivity index (χ4v) is 6.06. The third kappa shape index (κ3) is 3.79. The quantitative estimate of drug-likeness (QED) is 0.755. The predicted molar refractivity (Wildman–Crippen MR) is 103 cm³/mol. The maximum absolute atomic E-state index is 13.1. The number of rotatable bonds is 5. The van der Waals surface area contributed by atoms with E-state index < -0.39 is 16.0 Å². The molecule has 1 saturated heterocycles. The summed E-state index contributed by atoms with van der Waals surface area (Å²) in [6, 6.07) is 11.3. The number of hydrogen-bond acceptors (Lipinski definition) is 6. The van der Waals surface area contributed by atoms with E-state index in [1.54, 1.807) is 5.38 Å². The van der Waals surface area contributed by atoms with Gasteiger partial charge in [-0.15, -0.1) is 23.7 Å². The Bertz CT molecular complexity index is 855. The summed E-state index contributed by atoms with van der Waals surface area (Å²) >= 11 is 1.07. The van der Waals surface area contributed by atoms with Gasteiger partial charge in [-0.1, -0.05) is 30.3 Å². The summed E-state index contributed by atoms with van der Waals surface area (Å²) in [4.78, 5) is 12.0. The molecule has 2 atom stereocenters. The number of carbonyl (C=O) groups is 1. The summed E-state index contributed by atoms with van der Waals surface area (Å²) in [7, 11) is -2.54. The largest absolute Gasteiger partial charge is 0.465 e. The van der Waals surface area contributed by atoms with Gasteiger partial charge in [0.25, 0.3) is 0 Å². The summed E-state index contributed by atoms with van der Waals surface area (Å²) in [5.74, 6) is -0.554. The van der Waals surface area contributed by atoms with Gasteiger partial charge in [0, 0.05) is 19.0 Å². The van der Waals surface area contributed by atoms with Crippen molar-refractivity contribution in [1.29, 1.82) is 0 Å². The van der Waals surface area contributed by atoms with Crippen LogP contribution in [0.15, 0.2) is 46.7 Å². The first kappa shape index (κ1) is 20.9. The number of thiophene rings is 1. The number of nitrogens with two attached hydrogens (primary N) is 1. The fraction of sp³-hybridized carbons (Fsp3) is 0.353. The van der Waals surface area contributed by atoms with Crippen LogP contribution in [-0.4, -0.2) is 45.4 Å². The van der Waals surface area contributed by atoms with Crippen LogP contribution < -0.4 is 5.73 Å². The van der Waals surface area contributed by atoms with Crippen molar-refractivity contribution in [2.45, 2.75) is 10.8 Å². The van der Waals surface area contributed by atoms with Gasteiger partial charge in [-0.05, 0) is 29.5 Å². The minimum absolute atomic E-state index is 0. The number of carbonyl (C=O) groups excluding carboxylic acids is 1. The molecule has 142 valence electrons. The fourth-order valence-electron chi connectivity index (χ4n) is 3.23. The zero-order valence-electron chi connectivity index (χ0n) is 14.2. The number of nitrogens with zero attached hydrogens (tertiary/aromatic N) is 1. The second-order valence-corrected chi connectivity index (χ2v) is 8.76. The lowest BCUT2D eigenvalue weighted by atomic mass is 9.89. The molecule has 1 aliphatic rings. The van der Waals surface area contributed by atoms with Crippen molar-refractivity contribution in [2.24, 2.45) is 11.7 Å². The highest BCUT2D eigenvalue weighted by molar-refractivity contribution is 7.89. The van der Waals surface area contributed by atoms with Gasteiger partial charge < -0.3 is 10.5 Å². The lowest BCUT2D eigenvalue weighted by molar-refractivity contribution is 0.0602. The third-order valence-corrected chi connectivity index (χ3v) is 7.45. The van der Waals surface area contributed by atoms with E-state index in [2.05, 4.69) is 0 Å². The Morgan fingerprint density at radius 2 is 1.96 bits per heavy atom. The summed E-state index contributed by atoms with van der Waals surface area (Å²) in [6.45, 7) is 1.10. The van der Waals surface area contributed by atoms with Crippen molar-refractivity contribution in [2.75, 3.05) is 26.7 Å². The topological polar surface area (TPSA) is 89.7 Å². The van der Waals surface area contributed by atoms with E-state index >= 15 is 0 Å². The van der Waals surface area contributed by atoms with Crippen molar-refractivity contribution in [3.05, 3.63) is 52.2 Å². The monoisotopic (exact) mass is 416 g/mol.